The number of urea groups is 1. The van der Waals surface area contributed by atoms with E-state index in [2.05, 4.69) is 6.58 Å². The van der Waals surface area contributed by atoms with Crippen molar-refractivity contribution in [2.75, 3.05) is 13.1 Å². The second-order valence-electron chi connectivity index (χ2n) is 8.51. The van der Waals surface area contributed by atoms with Gasteiger partial charge in [0.1, 0.15) is 5.41 Å². The lowest BCUT2D eigenvalue weighted by atomic mass is 9.78. The van der Waals surface area contributed by atoms with Crippen LogP contribution in [-0.2, 0) is 29.2 Å². The molecule has 1 aliphatic rings. The van der Waals surface area contributed by atoms with Crippen LogP contribution in [0, 0.1) is 5.41 Å². The number of nitrogens with zero attached hydrogens (tertiary/aromatic N) is 5. The van der Waals surface area contributed by atoms with Crippen molar-refractivity contribution in [1.82, 2.24) is 23.5 Å². The first-order chi connectivity index (χ1) is 16.4. The highest BCUT2D eigenvalue weighted by Crippen LogP contribution is 2.36. The summed E-state index contributed by atoms with van der Waals surface area (Å²) < 4.78 is 1.99. The van der Waals surface area contributed by atoms with E-state index in [-0.39, 0.29) is 25.9 Å². The number of rotatable bonds is 11. The highest BCUT2D eigenvalue weighted by atomic mass is 16.3. The van der Waals surface area contributed by atoms with E-state index in [4.69, 9.17) is 0 Å². The number of carbonyl (C=O) groups is 3. The molecule has 35 heavy (non-hydrogen) atoms. The predicted molar refractivity (Wildman–Crippen MR) is 125 cm³/mol. The van der Waals surface area contributed by atoms with Crippen LogP contribution in [0.25, 0.3) is 0 Å². The SMILES string of the molecule is C=CCn1c(=O)n(CC(C)O)c(=O)n(CC(O)CN2C(=O)N(CC)C(=O)C(CC)(CC)C2=O)c1=O. The quantitative estimate of drug-likeness (QED) is 0.283. The first-order valence-corrected chi connectivity index (χ1v) is 11.5. The highest BCUT2D eigenvalue weighted by molar-refractivity contribution is 6.19. The van der Waals surface area contributed by atoms with E-state index < -0.39 is 72.2 Å². The van der Waals surface area contributed by atoms with Gasteiger partial charge in [-0.2, -0.15) is 0 Å². The zero-order valence-corrected chi connectivity index (χ0v) is 20.5. The third kappa shape index (κ3) is 4.91. The van der Waals surface area contributed by atoms with E-state index in [0.29, 0.717) is 9.13 Å². The fraction of sp³-hybridized carbons (Fsp3) is 0.636. The van der Waals surface area contributed by atoms with Crippen molar-refractivity contribution in [2.24, 2.45) is 5.41 Å². The first-order valence-electron chi connectivity index (χ1n) is 11.5. The molecule has 0 aliphatic carbocycles. The Bertz CT molecular complexity index is 1170. The van der Waals surface area contributed by atoms with Gasteiger partial charge in [0.2, 0.25) is 11.8 Å². The maximum absolute atomic E-state index is 13.2. The molecule has 0 radical (unpaired) electrons. The maximum atomic E-state index is 13.2. The van der Waals surface area contributed by atoms with Gasteiger partial charge in [-0.25, -0.2) is 32.9 Å². The summed E-state index contributed by atoms with van der Waals surface area (Å²) in [6.07, 6.45) is -1.08. The molecule has 194 valence electrons. The predicted octanol–water partition coefficient (Wildman–Crippen LogP) is -1.28. The zero-order chi connectivity index (χ0) is 26.7. The van der Waals surface area contributed by atoms with Gasteiger partial charge in [-0.1, -0.05) is 19.9 Å². The van der Waals surface area contributed by atoms with Gasteiger partial charge in [0.25, 0.3) is 0 Å². The molecule has 1 saturated heterocycles. The highest BCUT2D eigenvalue weighted by Gasteiger charge is 2.55. The Morgan fingerprint density at radius 3 is 1.74 bits per heavy atom. The lowest BCUT2D eigenvalue weighted by molar-refractivity contribution is -0.160. The summed E-state index contributed by atoms with van der Waals surface area (Å²) in [5.41, 5.74) is -4.47. The fourth-order valence-electron chi connectivity index (χ4n) is 4.25. The number of carbonyl (C=O) groups excluding carboxylic acids is 3. The van der Waals surface area contributed by atoms with Crippen molar-refractivity contribution in [3.8, 4) is 0 Å². The van der Waals surface area contributed by atoms with E-state index in [9.17, 15) is 39.0 Å². The van der Waals surface area contributed by atoms with Crippen LogP contribution in [0.4, 0.5) is 4.79 Å². The average Bonchev–Trinajstić information content (AvgIpc) is 2.81. The minimum Gasteiger partial charge on any atom is -0.392 e. The molecule has 2 unspecified atom stereocenters. The molecule has 0 aromatic carbocycles. The summed E-state index contributed by atoms with van der Waals surface area (Å²) in [5, 5.41) is 20.4. The maximum Gasteiger partial charge on any atom is 0.336 e. The molecule has 1 fully saturated rings. The summed E-state index contributed by atoms with van der Waals surface area (Å²) >= 11 is 0. The lowest BCUT2D eigenvalue weighted by Gasteiger charge is -2.43. The summed E-state index contributed by atoms with van der Waals surface area (Å²) in [6.45, 7) is 7.93. The molecular formula is C22H33N5O8. The molecule has 13 nitrogen and oxygen atoms in total. The number of imide groups is 2. The van der Waals surface area contributed by atoms with Crippen LogP contribution < -0.4 is 17.1 Å². The number of hydrogen-bond acceptors (Lipinski definition) is 8. The molecule has 1 aromatic heterocycles. The molecule has 2 heterocycles. The lowest BCUT2D eigenvalue weighted by Crippen LogP contribution is -2.66. The van der Waals surface area contributed by atoms with Gasteiger partial charge >= 0.3 is 23.1 Å². The number of allylic oxidation sites excluding steroid dienone is 1. The standard InChI is InChI=1S/C22H33N5O8/c1-6-10-24-19(33)26(11-14(5)28)21(35)27(20(24)34)13-15(29)12-25-17(31)22(7-2,8-3)16(30)23(9-4)18(25)32/h6,14-15,28-29H,1,7-13H2,2-5H3. The van der Waals surface area contributed by atoms with Crippen LogP contribution in [0.3, 0.4) is 0 Å². The Morgan fingerprint density at radius 2 is 1.29 bits per heavy atom. The number of hydrogen-bond donors (Lipinski definition) is 2. The van der Waals surface area contributed by atoms with Gasteiger partial charge in [0, 0.05) is 6.54 Å². The Kier molecular flexibility index (Phi) is 8.74. The zero-order valence-electron chi connectivity index (χ0n) is 20.5. The monoisotopic (exact) mass is 495 g/mol. The number of barbiturate groups is 1. The van der Waals surface area contributed by atoms with Crippen LogP contribution in [0.15, 0.2) is 27.0 Å². The van der Waals surface area contributed by atoms with Crippen LogP contribution in [-0.4, -0.2) is 76.9 Å². The van der Waals surface area contributed by atoms with Crippen LogP contribution in [0.2, 0.25) is 0 Å². The second-order valence-corrected chi connectivity index (χ2v) is 8.51. The number of aromatic nitrogens is 3. The molecule has 0 saturated carbocycles. The van der Waals surface area contributed by atoms with Gasteiger partial charge in [-0.3, -0.25) is 19.4 Å². The minimum atomic E-state index is -1.57. The van der Waals surface area contributed by atoms with Crippen LogP contribution in [0.1, 0.15) is 40.5 Å². The summed E-state index contributed by atoms with van der Waals surface area (Å²) in [7, 11) is 0. The Morgan fingerprint density at radius 1 is 0.800 bits per heavy atom. The van der Waals surface area contributed by atoms with Gasteiger partial charge in [0.05, 0.1) is 38.4 Å². The topological polar surface area (TPSA) is 164 Å². The largest absolute Gasteiger partial charge is 0.392 e. The van der Waals surface area contributed by atoms with E-state index in [1.54, 1.807) is 20.8 Å². The Labute approximate surface area is 201 Å². The fourth-order valence-corrected chi connectivity index (χ4v) is 4.25. The van der Waals surface area contributed by atoms with E-state index >= 15 is 0 Å². The number of β-amino-alcohol motifs (C(OH)–C–C–N with tert-alkyl or cyclic N) is 1. The smallest absolute Gasteiger partial charge is 0.336 e. The Hall–Kier alpha value is -3.32. The van der Waals surface area contributed by atoms with Crippen LogP contribution >= 0.6 is 0 Å². The molecule has 1 aliphatic heterocycles. The average molecular weight is 496 g/mol. The van der Waals surface area contributed by atoms with E-state index in [1.165, 1.54) is 13.0 Å². The molecule has 1 aromatic rings. The molecule has 4 amide bonds. The summed E-state index contributed by atoms with van der Waals surface area (Å²) in [6, 6.07) is -0.894. The number of amides is 4. The first kappa shape index (κ1) is 27.9. The molecule has 13 heteroatoms. The molecule has 2 atom stereocenters. The second kappa shape index (κ2) is 11.0. The van der Waals surface area contributed by atoms with Crippen molar-refractivity contribution < 1.29 is 24.6 Å². The molecule has 2 N–H and O–H groups in total. The van der Waals surface area contributed by atoms with Crippen molar-refractivity contribution in [3.63, 3.8) is 0 Å². The normalized spacial score (nSPS) is 17.6. The summed E-state index contributed by atoms with van der Waals surface area (Å²) in [4.78, 5) is 78.9. The van der Waals surface area contributed by atoms with E-state index in [1.807, 2.05) is 0 Å². The third-order valence-corrected chi connectivity index (χ3v) is 6.22. The third-order valence-electron chi connectivity index (χ3n) is 6.22. The molecule has 0 spiro atoms. The van der Waals surface area contributed by atoms with E-state index in [0.717, 1.165) is 14.4 Å². The summed E-state index contributed by atoms with van der Waals surface area (Å²) in [5.74, 6) is -1.35. The van der Waals surface area contributed by atoms with Crippen LogP contribution in [0.5, 0.6) is 0 Å². The number of aliphatic hydroxyl groups excluding tert-OH is 2. The number of aliphatic hydroxyl groups is 2. The van der Waals surface area contributed by atoms with Crippen molar-refractivity contribution >= 4 is 17.8 Å². The van der Waals surface area contributed by atoms with Crippen molar-refractivity contribution in [1.29, 1.82) is 0 Å². The molecule has 2 rings (SSSR count). The van der Waals surface area contributed by atoms with Gasteiger partial charge in [0.15, 0.2) is 0 Å². The Balaban J connectivity index is 2.49. The van der Waals surface area contributed by atoms with Gasteiger partial charge < -0.3 is 10.2 Å². The van der Waals surface area contributed by atoms with Gasteiger partial charge in [-0.15, -0.1) is 6.58 Å². The minimum absolute atomic E-state index is 0.0231. The van der Waals surface area contributed by atoms with Gasteiger partial charge in [-0.05, 0) is 26.7 Å². The molecule has 0 bridgehead atoms. The molecular weight excluding hydrogens is 462 g/mol. The van der Waals surface area contributed by atoms with Crippen molar-refractivity contribution in [2.45, 2.75) is 72.4 Å². The van der Waals surface area contributed by atoms with Crippen molar-refractivity contribution in [3.05, 3.63) is 44.1 Å².